The fourth-order valence-electron chi connectivity index (χ4n) is 4.55. The van der Waals surface area contributed by atoms with Crippen molar-refractivity contribution < 1.29 is 9.47 Å². The molecule has 0 spiro atoms. The van der Waals surface area contributed by atoms with Gasteiger partial charge in [-0.1, -0.05) is 60.7 Å². The molecule has 0 saturated carbocycles. The van der Waals surface area contributed by atoms with E-state index in [9.17, 15) is 0 Å². The van der Waals surface area contributed by atoms with Crippen molar-refractivity contribution in [2.75, 3.05) is 13.7 Å². The predicted octanol–water partition coefficient (Wildman–Crippen LogP) is 5.47. The number of fused-ring (bicyclic) bond motifs is 1. The van der Waals surface area contributed by atoms with Crippen LogP contribution in [0.5, 0.6) is 11.5 Å². The van der Waals surface area contributed by atoms with E-state index in [1.54, 1.807) is 7.11 Å². The average Bonchev–Trinajstić information content (AvgIpc) is 3.30. The van der Waals surface area contributed by atoms with E-state index >= 15 is 0 Å². The maximum Gasteiger partial charge on any atom is 0.124 e. The minimum Gasteiger partial charge on any atom is -0.497 e. The Morgan fingerprint density at radius 1 is 0.970 bits per heavy atom. The third-order valence-electron chi connectivity index (χ3n) is 6.24. The van der Waals surface area contributed by atoms with E-state index < -0.39 is 0 Å². The Labute approximate surface area is 195 Å². The zero-order valence-corrected chi connectivity index (χ0v) is 18.9. The Morgan fingerprint density at radius 2 is 1.73 bits per heavy atom. The van der Waals surface area contributed by atoms with Crippen molar-refractivity contribution in [3.63, 3.8) is 0 Å². The third-order valence-corrected chi connectivity index (χ3v) is 6.24. The van der Waals surface area contributed by atoms with Gasteiger partial charge in [0.2, 0.25) is 0 Å². The Kier molecular flexibility index (Phi) is 6.40. The second-order valence-electron chi connectivity index (χ2n) is 8.40. The van der Waals surface area contributed by atoms with Gasteiger partial charge < -0.3 is 14.0 Å². The molecular formula is C28H29N3O2. The summed E-state index contributed by atoms with van der Waals surface area (Å²) in [5, 5.41) is 0. The number of rotatable bonds is 8. The first-order chi connectivity index (χ1) is 16.3. The number of aromatic nitrogens is 2. The van der Waals surface area contributed by atoms with Gasteiger partial charge in [0.15, 0.2) is 0 Å². The van der Waals surface area contributed by atoms with E-state index in [0.717, 1.165) is 43.4 Å². The van der Waals surface area contributed by atoms with Gasteiger partial charge in [-0.15, -0.1) is 0 Å². The topological polar surface area (TPSA) is 39.5 Å². The molecule has 1 aromatic heterocycles. The van der Waals surface area contributed by atoms with Crippen LogP contribution in [0.4, 0.5) is 0 Å². The maximum atomic E-state index is 5.99. The Balaban J connectivity index is 1.47. The van der Waals surface area contributed by atoms with Gasteiger partial charge in [-0.25, -0.2) is 4.98 Å². The molecule has 0 radical (unpaired) electrons. The molecular weight excluding hydrogens is 410 g/mol. The fraction of sp³-hybridized carbons (Fsp3) is 0.250. The molecule has 0 unspecified atom stereocenters. The summed E-state index contributed by atoms with van der Waals surface area (Å²) in [6.07, 6.45) is 4.90. The molecule has 5 heteroatoms. The minimum absolute atomic E-state index is 0.214. The molecule has 0 saturated heterocycles. The van der Waals surface area contributed by atoms with Crippen LogP contribution in [0.2, 0.25) is 0 Å². The molecule has 168 valence electrons. The van der Waals surface area contributed by atoms with Gasteiger partial charge in [0.1, 0.15) is 17.3 Å². The van der Waals surface area contributed by atoms with E-state index in [1.165, 1.54) is 16.7 Å². The molecule has 5 rings (SSSR count). The minimum atomic E-state index is 0.214. The quantitative estimate of drug-likeness (QED) is 0.365. The number of nitrogens with zero attached hydrogens (tertiary/aromatic N) is 3. The monoisotopic (exact) mass is 439 g/mol. The smallest absolute Gasteiger partial charge is 0.124 e. The highest BCUT2D eigenvalue weighted by Crippen LogP contribution is 2.39. The average molecular weight is 440 g/mol. The van der Waals surface area contributed by atoms with E-state index in [-0.39, 0.29) is 6.04 Å². The van der Waals surface area contributed by atoms with Crippen molar-refractivity contribution in [3.05, 3.63) is 114 Å². The molecule has 0 bridgehead atoms. The molecule has 1 aliphatic rings. The van der Waals surface area contributed by atoms with Gasteiger partial charge in [0.05, 0.1) is 20.3 Å². The van der Waals surface area contributed by atoms with E-state index in [2.05, 4.69) is 82.4 Å². The van der Waals surface area contributed by atoms with Gasteiger partial charge >= 0.3 is 0 Å². The lowest BCUT2D eigenvalue weighted by Gasteiger charge is -2.36. The number of hydrogen-bond acceptors (Lipinski definition) is 4. The first-order valence-electron chi connectivity index (χ1n) is 11.4. The second-order valence-corrected chi connectivity index (χ2v) is 8.40. The van der Waals surface area contributed by atoms with Crippen LogP contribution in [0.1, 0.15) is 35.0 Å². The van der Waals surface area contributed by atoms with E-state index in [1.807, 2.05) is 18.3 Å². The van der Waals surface area contributed by atoms with Crippen LogP contribution in [0.15, 0.2) is 91.3 Å². The summed E-state index contributed by atoms with van der Waals surface area (Å²) in [6, 6.07) is 27.5. The number of imidazole rings is 1. The normalized spacial score (nSPS) is 15.2. The van der Waals surface area contributed by atoms with Crippen LogP contribution >= 0.6 is 0 Å². The lowest BCUT2D eigenvalue weighted by molar-refractivity contribution is 0.122. The van der Waals surface area contributed by atoms with Crippen molar-refractivity contribution >= 4 is 0 Å². The standard InChI is InChI=1S/C28H29N3O2/c1-32-24-12-13-27-25(18-24)26(14-17-33-27)31(20-23-10-6-3-7-11-23)21-28-29-15-16-30(28)19-22-8-4-2-5-9-22/h2-13,15-16,18,26H,14,17,19-21H2,1H3/t26-/m1/s1. The first-order valence-corrected chi connectivity index (χ1v) is 11.4. The van der Waals surface area contributed by atoms with Gasteiger partial charge in [-0.3, -0.25) is 4.90 Å². The number of benzene rings is 3. The summed E-state index contributed by atoms with van der Waals surface area (Å²) in [7, 11) is 1.71. The Morgan fingerprint density at radius 3 is 2.48 bits per heavy atom. The Bertz CT molecular complexity index is 1170. The number of methoxy groups -OCH3 is 1. The van der Waals surface area contributed by atoms with Gasteiger partial charge in [0.25, 0.3) is 0 Å². The predicted molar refractivity (Wildman–Crippen MR) is 129 cm³/mol. The van der Waals surface area contributed by atoms with Gasteiger partial charge in [-0.2, -0.15) is 0 Å². The van der Waals surface area contributed by atoms with Crippen LogP contribution in [-0.4, -0.2) is 28.2 Å². The van der Waals surface area contributed by atoms with Crippen LogP contribution in [0.3, 0.4) is 0 Å². The zero-order chi connectivity index (χ0) is 22.5. The lowest BCUT2D eigenvalue weighted by atomic mass is 9.97. The number of hydrogen-bond donors (Lipinski definition) is 0. The summed E-state index contributed by atoms with van der Waals surface area (Å²) in [5.74, 6) is 2.86. The molecule has 0 N–H and O–H groups in total. The van der Waals surface area contributed by atoms with Crippen LogP contribution in [0.25, 0.3) is 0 Å². The fourth-order valence-corrected chi connectivity index (χ4v) is 4.55. The Hall–Kier alpha value is -3.57. The molecule has 0 aliphatic carbocycles. The molecule has 1 atom stereocenters. The zero-order valence-electron chi connectivity index (χ0n) is 18.9. The molecule has 2 heterocycles. The molecule has 1 aliphatic heterocycles. The van der Waals surface area contributed by atoms with E-state index in [4.69, 9.17) is 14.5 Å². The highest BCUT2D eigenvalue weighted by molar-refractivity contribution is 5.43. The molecule has 3 aromatic carbocycles. The molecule has 33 heavy (non-hydrogen) atoms. The van der Waals surface area contributed by atoms with Crippen LogP contribution in [-0.2, 0) is 19.6 Å². The highest BCUT2D eigenvalue weighted by Gasteiger charge is 2.29. The van der Waals surface area contributed by atoms with Crippen molar-refractivity contribution in [3.8, 4) is 11.5 Å². The van der Waals surface area contributed by atoms with Crippen molar-refractivity contribution in [2.24, 2.45) is 0 Å². The highest BCUT2D eigenvalue weighted by atomic mass is 16.5. The van der Waals surface area contributed by atoms with E-state index in [0.29, 0.717) is 6.61 Å². The largest absolute Gasteiger partial charge is 0.497 e. The van der Waals surface area contributed by atoms with Crippen LogP contribution < -0.4 is 9.47 Å². The summed E-state index contributed by atoms with van der Waals surface area (Å²) in [5.41, 5.74) is 3.74. The van der Waals surface area contributed by atoms with Crippen molar-refractivity contribution in [2.45, 2.75) is 32.1 Å². The van der Waals surface area contributed by atoms with Crippen LogP contribution in [0, 0.1) is 0 Å². The first kappa shape index (κ1) is 21.3. The molecule has 0 fully saturated rings. The summed E-state index contributed by atoms with van der Waals surface area (Å²) >= 11 is 0. The van der Waals surface area contributed by atoms with Gasteiger partial charge in [-0.05, 0) is 29.3 Å². The van der Waals surface area contributed by atoms with Crippen molar-refractivity contribution in [1.82, 2.24) is 14.5 Å². The summed E-state index contributed by atoms with van der Waals surface area (Å²) in [6.45, 7) is 3.09. The summed E-state index contributed by atoms with van der Waals surface area (Å²) in [4.78, 5) is 7.26. The third kappa shape index (κ3) is 4.94. The second kappa shape index (κ2) is 9.92. The number of ether oxygens (including phenoxy) is 2. The summed E-state index contributed by atoms with van der Waals surface area (Å²) < 4.78 is 13.8. The molecule has 0 amide bonds. The lowest BCUT2D eigenvalue weighted by Crippen LogP contribution is -2.33. The maximum absolute atomic E-state index is 5.99. The molecule has 5 nitrogen and oxygen atoms in total. The SMILES string of the molecule is COc1ccc2c(c1)[C@H](N(Cc1ccccc1)Cc1nccn1Cc1ccccc1)CCO2. The molecule has 4 aromatic rings. The van der Waals surface area contributed by atoms with Gasteiger partial charge in [0, 0.05) is 43.5 Å². The van der Waals surface area contributed by atoms with Crippen molar-refractivity contribution in [1.29, 1.82) is 0 Å².